The van der Waals surface area contributed by atoms with Crippen LogP contribution in [0.2, 0.25) is 0 Å². The van der Waals surface area contributed by atoms with Crippen molar-refractivity contribution < 1.29 is 4.92 Å². The first-order chi connectivity index (χ1) is 10.5. The predicted octanol–water partition coefficient (Wildman–Crippen LogP) is 3.62. The first-order valence-corrected chi connectivity index (χ1v) is 7.19. The van der Waals surface area contributed by atoms with Crippen molar-refractivity contribution in [3.63, 3.8) is 0 Å². The Bertz CT molecular complexity index is 642. The van der Waals surface area contributed by atoms with Crippen molar-refractivity contribution in [2.24, 2.45) is 0 Å². The Hall–Kier alpha value is -2.40. The second-order valence-corrected chi connectivity index (χ2v) is 5.53. The topological polar surface area (TPSA) is 58.4 Å². The molecule has 0 aliphatic heterocycles. The van der Waals surface area contributed by atoms with Gasteiger partial charge in [0, 0.05) is 23.9 Å². The van der Waals surface area contributed by atoms with Crippen LogP contribution < -0.4 is 5.32 Å². The van der Waals surface area contributed by atoms with E-state index in [1.54, 1.807) is 19.1 Å². The molecule has 2 aromatic carbocycles. The third-order valence-electron chi connectivity index (χ3n) is 3.70. The van der Waals surface area contributed by atoms with Crippen molar-refractivity contribution in [3.8, 4) is 0 Å². The fraction of sp³-hybridized carbons (Fsp3) is 0.294. The minimum Gasteiger partial charge on any atom is -0.383 e. The van der Waals surface area contributed by atoms with Crippen molar-refractivity contribution in [1.29, 1.82) is 0 Å². The summed E-state index contributed by atoms with van der Waals surface area (Å²) in [6.45, 7) is 2.48. The largest absolute Gasteiger partial charge is 0.383 e. The molecule has 0 saturated carbocycles. The van der Waals surface area contributed by atoms with Gasteiger partial charge in [0.05, 0.1) is 11.0 Å². The zero-order valence-electron chi connectivity index (χ0n) is 13.1. The summed E-state index contributed by atoms with van der Waals surface area (Å²) in [4.78, 5) is 12.6. The molecular formula is C17H21N3O2. The summed E-state index contributed by atoms with van der Waals surface area (Å²) in [5, 5.41) is 14.2. The van der Waals surface area contributed by atoms with E-state index in [1.807, 2.05) is 38.4 Å². The van der Waals surface area contributed by atoms with Crippen LogP contribution in [0.5, 0.6) is 0 Å². The smallest absolute Gasteiger partial charge is 0.272 e. The quantitative estimate of drug-likeness (QED) is 0.654. The van der Waals surface area contributed by atoms with E-state index in [9.17, 15) is 10.1 Å². The lowest BCUT2D eigenvalue weighted by Gasteiger charge is -2.25. The minimum atomic E-state index is -0.355. The first-order valence-electron chi connectivity index (χ1n) is 7.19. The maximum Gasteiger partial charge on any atom is 0.272 e. The van der Waals surface area contributed by atoms with E-state index in [2.05, 4.69) is 22.3 Å². The van der Waals surface area contributed by atoms with Crippen LogP contribution in [0.25, 0.3) is 0 Å². The fourth-order valence-electron chi connectivity index (χ4n) is 2.46. The van der Waals surface area contributed by atoms with Crippen molar-refractivity contribution in [2.45, 2.75) is 13.0 Å². The van der Waals surface area contributed by atoms with Gasteiger partial charge < -0.3 is 10.2 Å². The highest BCUT2D eigenvalue weighted by Crippen LogP contribution is 2.23. The average Bonchev–Trinajstić information content (AvgIpc) is 2.48. The lowest BCUT2D eigenvalue weighted by molar-refractivity contribution is -0.385. The molecule has 0 aromatic heterocycles. The third kappa shape index (κ3) is 3.83. The number of nitro benzene ring substituents is 1. The van der Waals surface area contributed by atoms with Crippen LogP contribution in [0.1, 0.15) is 17.2 Å². The summed E-state index contributed by atoms with van der Waals surface area (Å²) in [6.07, 6.45) is 0. The molecular weight excluding hydrogens is 278 g/mol. The summed E-state index contributed by atoms with van der Waals surface area (Å²) in [5.41, 5.74) is 2.94. The molecule has 0 aliphatic rings. The molecule has 0 amide bonds. The Morgan fingerprint density at radius 2 is 1.86 bits per heavy atom. The normalized spacial score (nSPS) is 12.2. The highest BCUT2D eigenvalue weighted by molar-refractivity contribution is 5.53. The Balaban J connectivity index is 2.10. The molecule has 1 atom stereocenters. The zero-order valence-corrected chi connectivity index (χ0v) is 13.1. The summed E-state index contributed by atoms with van der Waals surface area (Å²) >= 11 is 0. The van der Waals surface area contributed by atoms with Crippen molar-refractivity contribution in [2.75, 3.05) is 26.0 Å². The van der Waals surface area contributed by atoms with Gasteiger partial charge in [0.15, 0.2) is 0 Å². The summed E-state index contributed by atoms with van der Waals surface area (Å²) in [7, 11) is 4.08. The van der Waals surface area contributed by atoms with Crippen molar-refractivity contribution in [3.05, 3.63) is 69.8 Å². The molecule has 22 heavy (non-hydrogen) atoms. The summed E-state index contributed by atoms with van der Waals surface area (Å²) in [5.74, 6) is 0. The molecule has 2 rings (SSSR count). The van der Waals surface area contributed by atoms with Crippen molar-refractivity contribution >= 4 is 11.4 Å². The van der Waals surface area contributed by atoms with E-state index < -0.39 is 0 Å². The van der Waals surface area contributed by atoms with Gasteiger partial charge in [-0.2, -0.15) is 0 Å². The van der Waals surface area contributed by atoms with E-state index in [1.165, 1.54) is 5.56 Å². The Kier molecular flexibility index (Phi) is 5.12. The number of hydrogen-bond acceptors (Lipinski definition) is 4. The fourth-order valence-corrected chi connectivity index (χ4v) is 2.46. The van der Waals surface area contributed by atoms with E-state index in [0.29, 0.717) is 5.56 Å². The first kappa shape index (κ1) is 16.0. The van der Waals surface area contributed by atoms with Gasteiger partial charge in [0.2, 0.25) is 0 Å². The number of nitrogens with zero attached hydrogens (tertiary/aromatic N) is 2. The maximum atomic E-state index is 10.9. The van der Waals surface area contributed by atoms with Gasteiger partial charge >= 0.3 is 0 Å². The molecule has 0 heterocycles. The third-order valence-corrected chi connectivity index (χ3v) is 3.70. The number of rotatable bonds is 6. The molecule has 5 heteroatoms. The SMILES string of the molecule is Cc1cc(NCC(c2ccccc2)N(C)C)ccc1[N+](=O)[O-]. The van der Waals surface area contributed by atoms with Gasteiger partial charge in [-0.1, -0.05) is 30.3 Å². The summed E-state index contributed by atoms with van der Waals surface area (Å²) < 4.78 is 0. The second-order valence-electron chi connectivity index (χ2n) is 5.53. The van der Waals surface area contributed by atoms with Gasteiger partial charge in [-0.25, -0.2) is 0 Å². The maximum absolute atomic E-state index is 10.9. The van der Waals surface area contributed by atoms with Gasteiger partial charge in [-0.3, -0.25) is 10.1 Å². The van der Waals surface area contributed by atoms with E-state index >= 15 is 0 Å². The molecule has 0 bridgehead atoms. The number of benzene rings is 2. The Morgan fingerprint density at radius 1 is 1.18 bits per heavy atom. The van der Waals surface area contributed by atoms with Gasteiger partial charge in [0.25, 0.3) is 5.69 Å². The van der Waals surface area contributed by atoms with Crippen LogP contribution in [-0.2, 0) is 0 Å². The average molecular weight is 299 g/mol. The highest BCUT2D eigenvalue weighted by atomic mass is 16.6. The van der Waals surface area contributed by atoms with Crippen molar-refractivity contribution in [1.82, 2.24) is 4.90 Å². The molecule has 0 aliphatic carbocycles. The number of nitro groups is 1. The van der Waals surface area contributed by atoms with Gasteiger partial charge in [-0.05, 0) is 38.7 Å². The number of anilines is 1. The number of likely N-dealkylation sites (N-methyl/N-ethyl adjacent to an activating group) is 1. The molecule has 0 spiro atoms. The Morgan fingerprint density at radius 3 is 2.41 bits per heavy atom. The lowest BCUT2D eigenvalue weighted by atomic mass is 10.1. The minimum absolute atomic E-state index is 0.151. The number of aryl methyl sites for hydroxylation is 1. The van der Waals surface area contributed by atoms with Crippen LogP contribution in [0.3, 0.4) is 0 Å². The van der Waals surface area contributed by atoms with E-state index in [0.717, 1.165) is 12.2 Å². The van der Waals surface area contributed by atoms with E-state index in [-0.39, 0.29) is 16.7 Å². The molecule has 2 aromatic rings. The summed E-state index contributed by atoms with van der Waals surface area (Å²) in [6, 6.07) is 15.6. The van der Waals surface area contributed by atoms with Crippen LogP contribution in [0, 0.1) is 17.0 Å². The number of nitrogens with one attached hydrogen (secondary N) is 1. The molecule has 0 radical (unpaired) electrons. The molecule has 1 N–H and O–H groups in total. The Labute approximate surface area is 130 Å². The molecule has 0 fully saturated rings. The number of hydrogen-bond donors (Lipinski definition) is 1. The lowest BCUT2D eigenvalue weighted by Crippen LogP contribution is -2.26. The second kappa shape index (κ2) is 7.04. The molecule has 1 unspecified atom stereocenters. The predicted molar refractivity (Wildman–Crippen MR) is 89.2 cm³/mol. The molecule has 116 valence electrons. The standard InChI is InChI=1S/C17H21N3O2/c1-13-11-15(9-10-16(13)20(21)22)18-12-17(19(2)3)14-7-5-4-6-8-14/h4-11,17-18H,12H2,1-3H3. The molecule has 0 saturated heterocycles. The molecule has 5 nitrogen and oxygen atoms in total. The zero-order chi connectivity index (χ0) is 16.1. The van der Waals surface area contributed by atoms with Gasteiger partial charge in [-0.15, -0.1) is 0 Å². The highest BCUT2D eigenvalue weighted by Gasteiger charge is 2.14. The monoisotopic (exact) mass is 299 g/mol. The van der Waals surface area contributed by atoms with Crippen LogP contribution in [-0.4, -0.2) is 30.5 Å². The van der Waals surface area contributed by atoms with Crippen LogP contribution >= 0.6 is 0 Å². The van der Waals surface area contributed by atoms with Gasteiger partial charge in [0.1, 0.15) is 0 Å². The van der Waals surface area contributed by atoms with E-state index in [4.69, 9.17) is 0 Å². The van der Waals surface area contributed by atoms with Crippen LogP contribution in [0.15, 0.2) is 48.5 Å². The van der Waals surface area contributed by atoms with Crippen LogP contribution in [0.4, 0.5) is 11.4 Å².